The molecule has 0 fully saturated rings. The number of halogens is 1. The third-order valence-corrected chi connectivity index (χ3v) is 2.38. The third-order valence-electron chi connectivity index (χ3n) is 2.38. The predicted molar refractivity (Wildman–Crippen MR) is 65.3 cm³/mol. The predicted octanol–water partition coefficient (Wildman–Crippen LogP) is 1.79. The lowest BCUT2D eigenvalue weighted by molar-refractivity contribution is 0.299. The Morgan fingerprint density at radius 1 is 1.33 bits per heavy atom. The van der Waals surface area contributed by atoms with Crippen LogP contribution in [-0.2, 0) is 6.61 Å². The van der Waals surface area contributed by atoms with E-state index in [2.05, 4.69) is 15.4 Å². The second-order valence-electron chi connectivity index (χ2n) is 3.74. The quantitative estimate of drug-likeness (QED) is 0.637. The van der Waals surface area contributed by atoms with Crippen molar-refractivity contribution >= 4 is 5.82 Å². The van der Waals surface area contributed by atoms with Gasteiger partial charge in [-0.1, -0.05) is 6.07 Å². The first-order valence-corrected chi connectivity index (χ1v) is 5.35. The van der Waals surface area contributed by atoms with E-state index >= 15 is 0 Å². The maximum atomic E-state index is 13.3. The second kappa shape index (κ2) is 5.42. The van der Waals surface area contributed by atoms with Crippen molar-refractivity contribution in [1.82, 2.24) is 9.97 Å². The van der Waals surface area contributed by atoms with Gasteiger partial charge in [0.25, 0.3) is 0 Å². The number of aromatic nitrogens is 2. The maximum Gasteiger partial charge on any atom is 0.158 e. The summed E-state index contributed by atoms with van der Waals surface area (Å²) >= 11 is 0. The van der Waals surface area contributed by atoms with Gasteiger partial charge in [0.15, 0.2) is 5.82 Å². The number of nitrogens with two attached hydrogens (primary N) is 1. The molecular formula is C12H13FN4O. The number of anilines is 1. The van der Waals surface area contributed by atoms with Crippen molar-refractivity contribution in [3.63, 3.8) is 0 Å². The van der Waals surface area contributed by atoms with Gasteiger partial charge in [-0.3, -0.25) is 4.98 Å². The first-order chi connectivity index (χ1) is 8.69. The fraction of sp³-hybridized carbons (Fsp3) is 0.167. The van der Waals surface area contributed by atoms with Gasteiger partial charge < -0.3 is 10.2 Å². The minimum atomic E-state index is -0.290. The zero-order valence-electron chi connectivity index (χ0n) is 9.85. The molecule has 0 saturated heterocycles. The van der Waals surface area contributed by atoms with Crippen LogP contribution in [0.1, 0.15) is 11.3 Å². The fourth-order valence-corrected chi connectivity index (χ4v) is 1.32. The lowest BCUT2D eigenvalue weighted by Crippen LogP contribution is -2.09. The lowest BCUT2D eigenvalue weighted by atomic mass is 10.2. The molecular weight excluding hydrogens is 235 g/mol. The van der Waals surface area contributed by atoms with E-state index in [0.29, 0.717) is 22.8 Å². The van der Waals surface area contributed by atoms with E-state index in [0.717, 1.165) is 0 Å². The molecule has 1 heterocycles. The SMILES string of the molecule is Cc1ccc(OCc2cnc(NN)cn2)cc1F. The van der Waals surface area contributed by atoms with Crippen LogP contribution in [-0.4, -0.2) is 9.97 Å². The second-order valence-corrected chi connectivity index (χ2v) is 3.74. The van der Waals surface area contributed by atoms with Gasteiger partial charge >= 0.3 is 0 Å². The van der Waals surface area contributed by atoms with Gasteiger partial charge in [0.1, 0.15) is 18.2 Å². The maximum absolute atomic E-state index is 13.3. The van der Waals surface area contributed by atoms with E-state index in [9.17, 15) is 4.39 Å². The van der Waals surface area contributed by atoms with Crippen molar-refractivity contribution in [3.8, 4) is 5.75 Å². The molecule has 0 radical (unpaired) electrons. The molecule has 0 spiro atoms. The Morgan fingerprint density at radius 2 is 2.17 bits per heavy atom. The first kappa shape index (κ1) is 12.3. The molecule has 18 heavy (non-hydrogen) atoms. The zero-order chi connectivity index (χ0) is 13.0. The smallest absolute Gasteiger partial charge is 0.158 e. The fourth-order valence-electron chi connectivity index (χ4n) is 1.32. The normalized spacial score (nSPS) is 10.2. The summed E-state index contributed by atoms with van der Waals surface area (Å²) in [4.78, 5) is 8.07. The van der Waals surface area contributed by atoms with E-state index in [1.807, 2.05) is 0 Å². The molecule has 0 aliphatic rings. The average molecular weight is 248 g/mol. The van der Waals surface area contributed by atoms with Crippen LogP contribution in [0.5, 0.6) is 5.75 Å². The highest BCUT2D eigenvalue weighted by Gasteiger charge is 2.02. The van der Waals surface area contributed by atoms with Gasteiger partial charge in [-0.25, -0.2) is 15.2 Å². The standard InChI is InChI=1S/C12H13FN4O/c1-8-2-3-10(4-11(8)13)18-7-9-5-16-12(17-14)6-15-9/h2-6H,7,14H2,1H3,(H,16,17). The summed E-state index contributed by atoms with van der Waals surface area (Å²) in [5.74, 6) is 5.81. The van der Waals surface area contributed by atoms with Crippen molar-refractivity contribution in [2.24, 2.45) is 5.84 Å². The number of rotatable bonds is 4. The summed E-state index contributed by atoms with van der Waals surface area (Å²) in [6, 6.07) is 4.72. The third kappa shape index (κ3) is 2.92. The van der Waals surface area contributed by atoms with Crippen LogP contribution in [0.2, 0.25) is 0 Å². The molecule has 5 nitrogen and oxygen atoms in total. The summed E-state index contributed by atoms with van der Waals surface area (Å²) in [6.45, 7) is 1.92. The number of nitrogens with one attached hydrogen (secondary N) is 1. The lowest BCUT2D eigenvalue weighted by Gasteiger charge is -2.06. The van der Waals surface area contributed by atoms with E-state index in [1.165, 1.54) is 12.3 Å². The van der Waals surface area contributed by atoms with Crippen LogP contribution >= 0.6 is 0 Å². The van der Waals surface area contributed by atoms with Crippen molar-refractivity contribution in [1.29, 1.82) is 0 Å². The van der Waals surface area contributed by atoms with Gasteiger partial charge in [0, 0.05) is 6.07 Å². The average Bonchev–Trinajstić information content (AvgIpc) is 2.41. The summed E-state index contributed by atoms with van der Waals surface area (Å²) in [5, 5.41) is 0. The summed E-state index contributed by atoms with van der Waals surface area (Å²) in [6.07, 6.45) is 3.04. The summed E-state index contributed by atoms with van der Waals surface area (Å²) in [5.41, 5.74) is 3.60. The van der Waals surface area contributed by atoms with Crippen LogP contribution in [0.15, 0.2) is 30.6 Å². The van der Waals surface area contributed by atoms with Gasteiger partial charge in [-0.15, -0.1) is 0 Å². The van der Waals surface area contributed by atoms with Crippen LogP contribution < -0.4 is 16.0 Å². The molecule has 0 unspecified atom stereocenters. The molecule has 0 amide bonds. The van der Waals surface area contributed by atoms with Crippen LogP contribution in [0.4, 0.5) is 10.2 Å². The minimum Gasteiger partial charge on any atom is -0.487 e. The van der Waals surface area contributed by atoms with Gasteiger partial charge in [-0.05, 0) is 18.6 Å². The number of ether oxygens (including phenoxy) is 1. The molecule has 2 rings (SSSR count). The Kier molecular flexibility index (Phi) is 3.69. The monoisotopic (exact) mass is 248 g/mol. The molecule has 1 aromatic carbocycles. The highest BCUT2D eigenvalue weighted by Crippen LogP contribution is 2.16. The molecule has 3 N–H and O–H groups in total. The molecule has 6 heteroatoms. The van der Waals surface area contributed by atoms with Crippen LogP contribution in [0.3, 0.4) is 0 Å². The number of hydrazine groups is 1. The van der Waals surface area contributed by atoms with E-state index in [4.69, 9.17) is 10.6 Å². The Hall–Kier alpha value is -2.21. The number of nitrogens with zero attached hydrogens (tertiary/aromatic N) is 2. The minimum absolute atomic E-state index is 0.223. The van der Waals surface area contributed by atoms with E-state index < -0.39 is 0 Å². The molecule has 0 bridgehead atoms. The van der Waals surface area contributed by atoms with E-state index in [-0.39, 0.29) is 12.4 Å². The van der Waals surface area contributed by atoms with Crippen molar-refractivity contribution in [2.45, 2.75) is 13.5 Å². The van der Waals surface area contributed by atoms with Crippen molar-refractivity contribution in [2.75, 3.05) is 5.43 Å². The molecule has 0 atom stereocenters. The van der Waals surface area contributed by atoms with Gasteiger partial charge in [0.05, 0.1) is 18.1 Å². The van der Waals surface area contributed by atoms with Crippen LogP contribution in [0, 0.1) is 12.7 Å². The van der Waals surface area contributed by atoms with Crippen molar-refractivity contribution < 1.29 is 9.13 Å². The molecule has 0 saturated carbocycles. The summed E-state index contributed by atoms with van der Waals surface area (Å²) in [7, 11) is 0. The van der Waals surface area contributed by atoms with Gasteiger partial charge in [0.2, 0.25) is 0 Å². The number of hydrogen-bond donors (Lipinski definition) is 2. The van der Waals surface area contributed by atoms with Crippen LogP contribution in [0.25, 0.3) is 0 Å². The van der Waals surface area contributed by atoms with E-state index in [1.54, 1.807) is 25.3 Å². The zero-order valence-corrected chi connectivity index (χ0v) is 9.85. The number of benzene rings is 1. The highest BCUT2D eigenvalue weighted by atomic mass is 19.1. The number of aryl methyl sites for hydroxylation is 1. The summed E-state index contributed by atoms with van der Waals surface area (Å²) < 4.78 is 18.7. The number of hydrogen-bond acceptors (Lipinski definition) is 5. The first-order valence-electron chi connectivity index (χ1n) is 5.35. The topological polar surface area (TPSA) is 73.1 Å². The Morgan fingerprint density at radius 3 is 2.78 bits per heavy atom. The van der Waals surface area contributed by atoms with Crippen molar-refractivity contribution in [3.05, 3.63) is 47.7 Å². The molecule has 0 aliphatic carbocycles. The Bertz CT molecular complexity index is 530. The molecule has 0 aliphatic heterocycles. The largest absolute Gasteiger partial charge is 0.487 e. The highest BCUT2D eigenvalue weighted by molar-refractivity contribution is 5.29. The Labute approximate surface area is 104 Å². The Balaban J connectivity index is 1.99. The number of nitrogen functional groups attached to an aromatic ring is 1. The molecule has 2 aromatic rings. The molecule has 94 valence electrons. The van der Waals surface area contributed by atoms with Gasteiger partial charge in [-0.2, -0.15) is 0 Å². The molecule has 1 aromatic heterocycles.